The molecule has 0 atom stereocenters. The van der Waals surface area contributed by atoms with Gasteiger partial charge in [0.15, 0.2) is 0 Å². The zero-order valence-electron chi connectivity index (χ0n) is 22.2. The molecule has 1 aliphatic heterocycles. The average molecular weight is 593 g/mol. The fraction of sp³-hybridized carbons (Fsp3) is 0.250. The average Bonchev–Trinajstić information content (AvgIpc) is 2.83. The first kappa shape index (κ1) is 24.7. The van der Waals surface area contributed by atoms with Gasteiger partial charge >= 0.3 is 221 Å². The van der Waals surface area contributed by atoms with Crippen LogP contribution in [-0.2, 0) is 5.41 Å². The van der Waals surface area contributed by atoms with Crippen LogP contribution < -0.4 is 30.3 Å². The Balaban J connectivity index is 1.84. The van der Waals surface area contributed by atoms with Gasteiger partial charge in [-0.3, -0.25) is 0 Å². The summed E-state index contributed by atoms with van der Waals surface area (Å²) in [7, 11) is 2.15. The summed E-state index contributed by atoms with van der Waals surface area (Å²) in [6, 6.07) is 30.0. The molecule has 0 aromatic heterocycles. The SMILES string of the molecule is Cc1cc2c(c(C(C)(C)C)c1)O[I-](C)(C)Oc1c(-c3ccccc3)cccc1-c1ccccc1N2C. The molecule has 0 spiro atoms. The van der Waals surface area contributed by atoms with Gasteiger partial charge in [-0.25, -0.2) is 0 Å². The Morgan fingerprint density at radius 3 is 2.00 bits per heavy atom. The molecule has 0 aliphatic carbocycles. The second kappa shape index (κ2) is 9.15. The van der Waals surface area contributed by atoms with E-state index in [1.54, 1.807) is 0 Å². The van der Waals surface area contributed by atoms with E-state index in [0.29, 0.717) is 0 Å². The molecule has 5 rings (SSSR count). The van der Waals surface area contributed by atoms with E-state index in [-0.39, 0.29) is 5.41 Å². The summed E-state index contributed by atoms with van der Waals surface area (Å²) in [5.41, 5.74) is 9.02. The summed E-state index contributed by atoms with van der Waals surface area (Å²) in [6.07, 6.45) is 0. The molecule has 0 saturated carbocycles. The van der Waals surface area contributed by atoms with Crippen LogP contribution in [0.4, 0.5) is 11.4 Å². The summed E-state index contributed by atoms with van der Waals surface area (Å²) < 4.78 is 14.1. The number of aryl methyl sites for hydroxylation is 1. The molecule has 0 radical (unpaired) electrons. The minimum absolute atomic E-state index is 0.0786. The van der Waals surface area contributed by atoms with Crippen molar-refractivity contribution in [1.29, 1.82) is 0 Å². The second-order valence-corrected chi connectivity index (χ2v) is 17.7. The Morgan fingerprint density at radius 2 is 1.28 bits per heavy atom. The van der Waals surface area contributed by atoms with Crippen LogP contribution >= 0.6 is 0 Å². The maximum absolute atomic E-state index is 7.03. The Morgan fingerprint density at radius 1 is 0.667 bits per heavy atom. The van der Waals surface area contributed by atoms with Gasteiger partial charge in [0.05, 0.1) is 0 Å². The van der Waals surface area contributed by atoms with Crippen molar-refractivity contribution >= 4 is 11.4 Å². The molecule has 1 aliphatic rings. The van der Waals surface area contributed by atoms with Crippen molar-refractivity contribution in [2.24, 2.45) is 0 Å². The van der Waals surface area contributed by atoms with Gasteiger partial charge in [0.25, 0.3) is 0 Å². The van der Waals surface area contributed by atoms with Crippen molar-refractivity contribution < 1.29 is 25.4 Å². The van der Waals surface area contributed by atoms with E-state index >= 15 is 0 Å². The number of nitrogens with zero attached hydrogens (tertiary/aromatic N) is 1. The van der Waals surface area contributed by atoms with Gasteiger partial charge in [-0.05, 0) is 0 Å². The van der Waals surface area contributed by atoms with Crippen LogP contribution in [0.5, 0.6) is 11.5 Å². The van der Waals surface area contributed by atoms with Crippen LogP contribution in [0.1, 0.15) is 31.9 Å². The third kappa shape index (κ3) is 4.59. The van der Waals surface area contributed by atoms with Crippen molar-refractivity contribution in [2.75, 3.05) is 21.8 Å². The number of benzene rings is 4. The monoisotopic (exact) mass is 592 g/mol. The first-order valence-electron chi connectivity index (χ1n) is 12.3. The zero-order valence-corrected chi connectivity index (χ0v) is 24.4. The third-order valence-electron chi connectivity index (χ3n) is 6.56. The summed E-state index contributed by atoms with van der Waals surface area (Å²) in [5.74, 6) is 1.84. The quantitative estimate of drug-likeness (QED) is 0.218. The molecular weight excluding hydrogens is 557 g/mol. The molecule has 188 valence electrons. The molecule has 4 aromatic carbocycles. The van der Waals surface area contributed by atoms with E-state index in [9.17, 15) is 0 Å². The molecule has 0 bridgehead atoms. The Hall–Kier alpha value is -2.99. The Kier molecular flexibility index (Phi) is 6.27. The number of hydrogen-bond acceptors (Lipinski definition) is 3. The standard InChI is InChI=1S/C32H35INO2/c1-22-20-27(32(2,3)4)31-29(21-22)34(7)28-19-12-11-16-25(28)26-18-13-17-24(23-14-9-8-10-15-23)30(26)35-33(5,6)36-31/h8-21H,1-7H3/q-1. The maximum atomic E-state index is 7.03. The number of alkyl halides is 2. The Bertz CT molecular complexity index is 1420. The van der Waals surface area contributed by atoms with Crippen molar-refractivity contribution in [2.45, 2.75) is 33.1 Å². The van der Waals surface area contributed by atoms with Crippen molar-refractivity contribution in [1.82, 2.24) is 0 Å². The predicted molar refractivity (Wildman–Crippen MR) is 148 cm³/mol. The van der Waals surface area contributed by atoms with Gasteiger partial charge in [0, 0.05) is 0 Å². The summed E-state index contributed by atoms with van der Waals surface area (Å²) in [5, 5.41) is 0. The van der Waals surface area contributed by atoms with Crippen molar-refractivity contribution in [3.8, 4) is 33.8 Å². The first-order chi connectivity index (χ1) is 17.0. The van der Waals surface area contributed by atoms with Crippen LogP contribution in [0.3, 0.4) is 0 Å². The summed E-state index contributed by atoms with van der Waals surface area (Å²) in [4.78, 5) is 6.65. The second-order valence-electron chi connectivity index (χ2n) is 10.7. The first-order valence-corrected chi connectivity index (χ1v) is 18.3. The van der Waals surface area contributed by atoms with Crippen LogP contribution in [0.25, 0.3) is 22.3 Å². The molecule has 0 saturated heterocycles. The van der Waals surface area contributed by atoms with E-state index in [1.807, 2.05) is 6.07 Å². The van der Waals surface area contributed by atoms with Gasteiger partial charge < -0.3 is 0 Å². The fourth-order valence-corrected chi connectivity index (χ4v) is 7.98. The predicted octanol–water partition coefficient (Wildman–Crippen LogP) is 5.42. The normalized spacial score (nSPS) is 15.5. The molecule has 0 N–H and O–H groups in total. The molecule has 3 nitrogen and oxygen atoms in total. The van der Waals surface area contributed by atoms with Gasteiger partial charge in [0.2, 0.25) is 0 Å². The van der Waals surface area contributed by atoms with Gasteiger partial charge in [-0.2, -0.15) is 0 Å². The zero-order chi connectivity index (χ0) is 25.7. The molecule has 0 unspecified atom stereocenters. The number of rotatable bonds is 1. The van der Waals surface area contributed by atoms with Gasteiger partial charge in [0.1, 0.15) is 0 Å². The number of halogens is 1. The van der Waals surface area contributed by atoms with Crippen molar-refractivity contribution in [3.05, 3.63) is 96.1 Å². The van der Waals surface area contributed by atoms with E-state index in [2.05, 4.69) is 128 Å². The van der Waals surface area contributed by atoms with Crippen LogP contribution in [0.2, 0.25) is 0 Å². The van der Waals surface area contributed by atoms with Gasteiger partial charge in [-0.1, -0.05) is 0 Å². The third-order valence-corrected chi connectivity index (χ3v) is 9.57. The van der Waals surface area contributed by atoms with Crippen LogP contribution in [-0.4, -0.2) is 16.9 Å². The molecule has 1 heterocycles. The molecule has 0 amide bonds. The van der Waals surface area contributed by atoms with Crippen molar-refractivity contribution in [3.63, 3.8) is 0 Å². The fourth-order valence-electron chi connectivity index (χ4n) is 4.83. The number of hydrogen-bond donors (Lipinski definition) is 0. The number of para-hydroxylation sites is 2. The molecule has 4 heteroatoms. The summed E-state index contributed by atoms with van der Waals surface area (Å²) >= 11 is -3.23. The van der Waals surface area contributed by atoms with E-state index in [4.69, 9.17) is 6.13 Å². The minimum atomic E-state index is -3.23. The van der Waals surface area contributed by atoms with E-state index in [1.165, 1.54) is 11.1 Å². The van der Waals surface area contributed by atoms with E-state index in [0.717, 1.165) is 45.1 Å². The number of fused-ring (bicyclic) bond motifs is 4. The van der Waals surface area contributed by atoms with Gasteiger partial charge in [-0.15, -0.1) is 0 Å². The molecule has 4 aromatic rings. The summed E-state index contributed by atoms with van der Waals surface area (Å²) in [6.45, 7) is 8.92. The molecular formula is C32H35INO2-. The van der Waals surface area contributed by atoms with Crippen LogP contribution in [0.15, 0.2) is 84.9 Å². The topological polar surface area (TPSA) is 21.7 Å². The Labute approximate surface area is 220 Å². The van der Waals surface area contributed by atoms with Crippen LogP contribution in [0, 0.1) is 6.92 Å². The number of anilines is 2. The molecule has 36 heavy (non-hydrogen) atoms. The van der Waals surface area contributed by atoms with E-state index < -0.39 is 19.3 Å². The molecule has 0 fully saturated rings.